The highest BCUT2D eigenvalue weighted by Gasteiger charge is 2.18. The lowest BCUT2D eigenvalue weighted by Gasteiger charge is -2.21. The smallest absolute Gasteiger partial charge is 0.256 e. The maximum Gasteiger partial charge on any atom is 0.256 e. The molecule has 3 aromatic rings. The minimum atomic E-state index is -0.436. The number of aromatic nitrogens is 2. The maximum absolute atomic E-state index is 13.9. The number of amides is 1. The average molecular weight is 327 g/mol. The quantitative estimate of drug-likeness (QED) is 0.781. The lowest BCUT2D eigenvalue weighted by molar-refractivity contribution is 0.0754. The molecule has 3 rings (SSSR count). The normalized spacial score (nSPS) is 10.8. The SMILES string of the molecule is CCN(Cc1ccc(OC)c(F)c1)C(=O)c1cccc2cn[nH]c12. The van der Waals surface area contributed by atoms with Crippen LogP contribution in [0.25, 0.3) is 10.9 Å². The third-order valence-corrected chi connectivity index (χ3v) is 3.97. The molecule has 6 heteroatoms. The van der Waals surface area contributed by atoms with Crippen LogP contribution in [0.15, 0.2) is 42.6 Å². The Morgan fingerprint density at radius 1 is 1.33 bits per heavy atom. The van der Waals surface area contributed by atoms with Crippen molar-refractivity contribution in [3.05, 3.63) is 59.5 Å². The van der Waals surface area contributed by atoms with Crippen LogP contribution in [0.2, 0.25) is 0 Å². The van der Waals surface area contributed by atoms with E-state index >= 15 is 0 Å². The van der Waals surface area contributed by atoms with Gasteiger partial charge in [0.2, 0.25) is 0 Å². The van der Waals surface area contributed by atoms with Crippen molar-refractivity contribution in [3.63, 3.8) is 0 Å². The molecule has 0 saturated carbocycles. The Balaban J connectivity index is 1.87. The summed E-state index contributed by atoms with van der Waals surface area (Å²) in [5, 5.41) is 7.73. The lowest BCUT2D eigenvalue weighted by atomic mass is 10.1. The molecule has 1 aromatic heterocycles. The molecule has 1 heterocycles. The molecule has 0 radical (unpaired) electrons. The number of para-hydroxylation sites is 1. The van der Waals surface area contributed by atoms with Gasteiger partial charge in [-0.05, 0) is 30.7 Å². The van der Waals surface area contributed by atoms with Gasteiger partial charge in [0, 0.05) is 18.5 Å². The zero-order valence-corrected chi connectivity index (χ0v) is 13.5. The van der Waals surface area contributed by atoms with Crippen LogP contribution in [-0.4, -0.2) is 34.7 Å². The van der Waals surface area contributed by atoms with Crippen LogP contribution in [0, 0.1) is 5.82 Å². The molecular weight excluding hydrogens is 309 g/mol. The van der Waals surface area contributed by atoms with Crippen LogP contribution in [0.1, 0.15) is 22.8 Å². The van der Waals surface area contributed by atoms with Gasteiger partial charge in [0.05, 0.1) is 24.4 Å². The van der Waals surface area contributed by atoms with E-state index in [-0.39, 0.29) is 11.7 Å². The molecule has 0 aliphatic rings. The summed E-state index contributed by atoms with van der Waals surface area (Å²) in [6.45, 7) is 2.72. The van der Waals surface area contributed by atoms with Gasteiger partial charge in [0.15, 0.2) is 11.6 Å². The largest absolute Gasteiger partial charge is 0.494 e. The van der Waals surface area contributed by atoms with Gasteiger partial charge >= 0.3 is 0 Å². The standard InChI is InChI=1S/C18H18FN3O2/c1-3-22(11-12-7-8-16(24-2)15(19)9-12)18(23)14-6-4-5-13-10-20-21-17(13)14/h4-10H,3,11H2,1-2H3,(H,20,21). The summed E-state index contributed by atoms with van der Waals surface area (Å²) in [6.07, 6.45) is 1.68. The topological polar surface area (TPSA) is 58.2 Å². The Morgan fingerprint density at radius 2 is 2.17 bits per heavy atom. The number of aromatic amines is 1. The predicted octanol–water partition coefficient (Wildman–Crippen LogP) is 3.37. The third-order valence-electron chi connectivity index (χ3n) is 3.97. The van der Waals surface area contributed by atoms with Gasteiger partial charge in [0.1, 0.15) is 0 Å². The minimum Gasteiger partial charge on any atom is -0.494 e. The van der Waals surface area contributed by atoms with Crippen LogP contribution in [0.4, 0.5) is 4.39 Å². The first-order chi connectivity index (χ1) is 11.6. The van der Waals surface area contributed by atoms with Crippen LogP contribution < -0.4 is 4.74 Å². The number of ether oxygens (including phenoxy) is 1. The summed E-state index contributed by atoms with van der Waals surface area (Å²) < 4.78 is 18.8. The van der Waals surface area contributed by atoms with E-state index in [9.17, 15) is 9.18 Å². The zero-order chi connectivity index (χ0) is 17.1. The maximum atomic E-state index is 13.9. The number of hydrogen-bond donors (Lipinski definition) is 1. The molecule has 124 valence electrons. The van der Waals surface area contributed by atoms with Gasteiger partial charge in [-0.3, -0.25) is 9.89 Å². The van der Waals surface area contributed by atoms with E-state index in [2.05, 4.69) is 10.2 Å². The van der Waals surface area contributed by atoms with Crippen molar-refractivity contribution in [1.29, 1.82) is 0 Å². The van der Waals surface area contributed by atoms with Gasteiger partial charge in [-0.25, -0.2) is 4.39 Å². The molecule has 0 atom stereocenters. The Morgan fingerprint density at radius 3 is 2.88 bits per heavy atom. The Bertz CT molecular complexity index is 876. The van der Waals surface area contributed by atoms with Crippen molar-refractivity contribution in [2.75, 3.05) is 13.7 Å². The summed E-state index contributed by atoms with van der Waals surface area (Å²) in [5.41, 5.74) is 1.97. The van der Waals surface area contributed by atoms with Gasteiger partial charge in [0.25, 0.3) is 5.91 Å². The van der Waals surface area contributed by atoms with Gasteiger partial charge < -0.3 is 9.64 Å². The highest BCUT2D eigenvalue weighted by molar-refractivity contribution is 6.05. The van der Waals surface area contributed by atoms with Crippen molar-refractivity contribution < 1.29 is 13.9 Å². The van der Waals surface area contributed by atoms with Crippen molar-refractivity contribution in [1.82, 2.24) is 15.1 Å². The van der Waals surface area contributed by atoms with Crippen molar-refractivity contribution >= 4 is 16.8 Å². The van der Waals surface area contributed by atoms with E-state index < -0.39 is 5.82 Å². The number of methoxy groups -OCH3 is 1. The van der Waals surface area contributed by atoms with E-state index in [0.29, 0.717) is 29.7 Å². The van der Waals surface area contributed by atoms with Crippen molar-refractivity contribution in [2.24, 2.45) is 0 Å². The summed E-state index contributed by atoms with van der Waals surface area (Å²) in [5.74, 6) is -0.367. The highest BCUT2D eigenvalue weighted by atomic mass is 19.1. The molecule has 2 aromatic carbocycles. The van der Waals surface area contributed by atoms with Crippen LogP contribution >= 0.6 is 0 Å². The molecule has 0 aliphatic carbocycles. The van der Waals surface area contributed by atoms with E-state index in [1.54, 1.807) is 29.3 Å². The van der Waals surface area contributed by atoms with Gasteiger partial charge in [-0.1, -0.05) is 18.2 Å². The molecule has 5 nitrogen and oxygen atoms in total. The first-order valence-electron chi connectivity index (χ1n) is 7.67. The number of carbonyl (C=O) groups excluding carboxylic acids is 1. The van der Waals surface area contributed by atoms with E-state index in [4.69, 9.17) is 4.74 Å². The molecule has 0 spiro atoms. The fourth-order valence-corrected chi connectivity index (χ4v) is 2.67. The van der Waals surface area contributed by atoms with Crippen LogP contribution in [0.5, 0.6) is 5.75 Å². The summed E-state index contributed by atoms with van der Waals surface area (Å²) in [4.78, 5) is 14.5. The number of hydrogen-bond acceptors (Lipinski definition) is 3. The second-order valence-corrected chi connectivity index (χ2v) is 5.43. The lowest BCUT2D eigenvalue weighted by Crippen LogP contribution is -2.30. The van der Waals surface area contributed by atoms with E-state index in [1.807, 2.05) is 19.1 Å². The van der Waals surface area contributed by atoms with Crippen molar-refractivity contribution in [2.45, 2.75) is 13.5 Å². The number of rotatable bonds is 5. The van der Waals surface area contributed by atoms with E-state index in [0.717, 1.165) is 5.39 Å². The number of carbonyl (C=O) groups is 1. The highest BCUT2D eigenvalue weighted by Crippen LogP contribution is 2.21. The summed E-state index contributed by atoms with van der Waals surface area (Å²) in [6, 6.07) is 10.2. The molecule has 0 saturated heterocycles. The average Bonchev–Trinajstić information content (AvgIpc) is 3.08. The first-order valence-corrected chi connectivity index (χ1v) is 7.67. The summed E-state index contributed by atoms with van der Waals surface area (Å²) in [7, 11) is 1.42. The fraction of sp³-hybridized carbons (Fsp3) is 0.222. The summed E-state index contributed by atoms with van der Waals surface area (Å²) >= 11 is 0. The Labute approximate surface area is 139 Å². The molecule has 1 amide bonds. The molecule has 24 heavy (non-hydrogen) atoms. The van der Waals surface area contributed by atoms with Crippen LogP contribution in [-0.2, 0) is 6.54 Å². The first kappa shape index (κ1) is 16.0. The molecule has 0 unspecified atom stereocenters. The number of H-pyrrole nitrogens is 1. The second kappa shape index (κ2) is 6.70. The Kier molecular flexibility index (Phi) is 4.46. The van der Waals surface area contributed by atoms with E-state index in [1.165, 1.54) is 13.2 Å². The second-order valence-electron chi connectivity index (χ2n) is 5.43. The number of nitrogens with one attached hydrogen (secondary N) is 1. The fourth-order valence-electron chi connectivity index (χ4n) is 2.67. The molecule has 1 N–H and O–H groups in total. The Hall–Kier alpha value is -2.89. The number of fused-ring (bicyclic) bond motifs is 1. The third kappa shape index (κ3) is 2.95. The van der Waals surface area contributed by atoms with Gasteiger partial charge in [-0.2, -0.15) is 5.10 Å². The number of benzene rings is 2. The zero-order valence-electron chi connectivity index (χ0n) is 13.5. The molecule has 0 fully saturated rings. The van der Waals surface area contributed by atoms with Crippen LogP contribution in [0.3, 0.4) is 0 Å². The van der Waals surface area contributed by atoms with Gasteiger partial charge in [-0.15, -0.1) is 0 Å². The number of nitrogens with zero attached hydrogens (tertiary/aromatic N) is 2. The minimum absolute atomic E-state index is 0.122. The predicted molar refractivity (Wildman–Crippen MR) is 89.5 cm³/mol. The monoisotopic (exact) mass is 327 g/mol. The van der Waals surface area contributed by atoms with Crippen molar-refractivity contribution in [3.8, 4) is 5.75 Å². The molecule has 0 bridgehead atoms. The number of halogens is 1. The molecule has 0 aliphatic heterocycles. The molecular formula is C18H18FN3O2.